The van der Waals surface area contributed by atoms with Crippen LogP contribution in [0.25, 0.3) is 11.3 Å². The van der Waals surface area contributed by atoms with Gasteiger partial charge in [0.05, 0.1) is 42.0 Å². The summed E-state index contributed by atoms with van der Waals surface area (Å²) in [5.41, 5.74) is 1.98. The summed E-state index contributed by atoms with van der Waals surface area (Å²) in [4.78, 5) is 17.4. The molecule has 2 aromatic heterocycles. The molecule has 1 unspecified atom stereocenters. The highest BCUT2D eigenvalue weighted by atomic mass is 32.2. The highest BCUT2D eigenvalue weighted by molar-refractivity contribution is 7.91. The number of ether oxygens (including phenoxy) is 1. The van der Waals surface area contributed by atoms with Crippen LogP contribution in [0.5, 0.6) is 5.75 Å². The zero-order valence-electron chi connectivity index (χ0n) is 24.2. The first kappa shape index (κ1) is 29.2. The van der Waals surface area contributed by atoms with Crippen molar-refractivity contribution in [3.05, 3.63) is 59.8 Å². The van der Waals surface area contributed by atoms with Gasteiger partial charge in [0, 0.05) is 36.6 Å². The van der Waals surface area contributed by atoms with Crippen LogP contribution in [0.3, 0.4) is 0 Å². The molecule has 0 radical (unpaired) electrons. The van der Waals surface area contributed by atoms with Crippen molar-refractivity contribution in [2.75, 3.05) is 35.7 Å². The van der Waals surface area contributed by atoms with Crippen molar-refractivity contribution in [2.24, 2.45) is 0 Å². The van der Waals surface area contributed by atoms with E-state index in [1.165, 1.54) is 12.3 Å². The molecule has 0 spiro atoms. The molecule has 8 nitrogen and oxygen atoms in total. The molecular formula is C30H37F2N5O3S. The molecule has 4 heterocycles. The number of benzene rings is 1. The number of aromatic nitrogens is 3. The van der Waals surface area contributed by atoms with Crippen LogP contribution in [0.15, 0.2) is 36.7 Å². The Morgan fingerprint density at radius 1 is 1.10 bits per heavy atom. The summed E-state index contributed by atoms with van der Waals surface area (Å²) in [6, 6.07) is 6.96. The Bertz CT molecular complexity index is 1520. The number of nitrogens with zero attached hydrogens (tertiary/aromatic N) is 5. The summed E-state index contributed by atoms with van der Waals surface area (Å²) in [7, 11) is -3.03. The molecule has 0 aliphatic carbocycles. The minimum absolute atomic E-state index is 0.0241. The van der Waals surface area contributed by atoms with Gasteiger partial charge < -0.3 is 14.5 Å². The van der Waals surface area contributed by atoms with Crippen LogP contribution in [0.1, 0.15) is 58.5 Å². The molecule has 1 atom stereocenters. The minimum atomic E-state index is -3.03. The second kappa shape index (κ2) is 11.2. The lowest BCUT2D eigenvalue weighted by Gasteiger charge is -2.44. The third-order valence-electron chi connectivity index (χ3n) is 8.01. The van der Waals surface area contributed by atoms with E-state index in [0.29, 0.717) is 55.2 Å². The van der Waals surface area contributed by atoms with Gasteiger partial charge >= 0.3 is 0 Å². The Kier molecular flexibility index (Phi) is 7.93. The molecule has 3 aromatic rings. The van der Waals surface area contributed by atoms with Gasteiger partial charge in [0.1, 0.15) is 27.0 Å². The molecule has 0 saturated carbocycles. The Labute approximate surface area is 240 Å². The molecule has 41 heavy (non-hydrogen) atoms. The predicted molar refractivity (Wildman–Crippen MR) is 156 cm³/mol. The Hall–Kier alpha value is -3.34. The second-order valence-corrected chi connectivity index (χ2v) is 14.1. The van der Waals surface area contributed by atoms with Crippen LogP contribution in [0, 0.1) is 11.6 Å². The van der Waals surface area contributed by atoms with Crippen LogP contribution in [-0.2, 0) is 16.3 Å². The van der Waals surface area contributed by atoms with Crippen molar-refractivity contribution in [1.82, 2.24) is 15.0 Å². The van der Waals surface area contributed by atoms with Crippen LogP contribution < -0.4 is 14.5 Å². The number of anilines is 2. The highest BCUT2D eigenvalue weighted by Gasteiger charge is 2.36. The van der Waals surface area contributed by atoms with E-state index in [2.05, 4.69) is 38.6 Å². The number of fused-ring (bicyclic) bond motifs is 1. The van der Waals surface area contributed by atoms with Crippen LogP contribution in [-0.4, -0.2) is 66.2 Å². The average Bonchev–Trinajstić information content (AvgIpc) is 2.93. The van der Waals surface area contributed by atoms with Gasteiger partial charge in [-0.1, -0.05) is 6.92 Å². The maximum absolute atomic E-state index is 15.4. The number of hydrogen-bond donors (Lipinski definition) is 0. The molecule has 2 aliphatic rings. The average molecular weight is 586 g/mol. The van der Waals surface area contributed by atoms with Gasteiger partial charge in [-0.05, 0) is 64.3 Å². The van der Waals surface area contributed by atoms with Crippen LogP contribution in [0.2, 0.25) is 0 Å². The summed E-state index contributed by atoms with van der Waals surface area (Å²) in [6.07, 6.45) is 6.48. The van der Waals surface area contributed by atoms with E-state index < -0.39 is 27.1 Å². The van der Waals surface area contributed by atoms with Crippen molar-refractivity contribution in [1.29, 1.82) is 0 Å². The van der Waals surface area contributed by atoms with Crippen molar-refractivity contribution in [3.8, 4) is 17.0 Å². The van der Waals surface area contributed by atoms with Gasteiger partial charge in [0.15, 0.2) is 17.4 Å². The number of hydrogen-bond acceptors (Lipinski definition) is 8. The van der Waals surface area contributed by atoms with E-state index in [9.17, 15) is 8.42 Å². The topological polar surface area (TPSA) is 88.5 Å². The third-order valence-corrected chi connectivity index (χ3v) is 9.70. The number of pyridine rings is 1. The van der Waals surface area contributed by atoms with Gasteiger partial charge in [-0.15, -0.1) is 0 Å². The molecule has 0 bridgehead atoms. The van der Waals surface area contributed by atoms with Gasteiger partial charge in [-0.2, -0.15) is 0 Å². The first-order chi connectivity index (χ1) is 19.3. The number of rotatable bonds is 7. The van der Waals surface area contributed by atoms with Gasteiger partial charge in [0.25, 0.3) is 0 Å². The molecule has 11 heteroatoms. The lowest BCUT2D eigenvalue weighted by atomic mass is 10.00. The molecule has 1 aromatic carbocycles. The summed E-state index contributed by atoms with van der Waals surface area (Å²) >= 11 is 0. The monoisotopic (exact) mass is 585 g/mol. The zero-order chi connectivity index (χ0) is 29.5. The number of piperidine rings is 1. The predicted octanol–water partition coefficient (Wildman–Crippen LogP) is 5.20. The summed E-state index contributed by atoms with van der Waals surface area (Å²) in [5, 5.41) is -0.295. The highest BCUT2D eigenvalue weighted by Crippen LogP contribution is 2.43. The fourth-order valence-corrected chi connectivity index (χ4v) is 6.62. The first-order valence-corrected chi connectivity index (χ1v) is 16.0. The maximum atomic E-state index is 15.4. The van der Waals surface area contributed by atoms with E-state index in [4.69, 9.17) is 4.74 Å². The normalized spacial score (nSPS) is 18.1. The van der Waals surface area contributed by atoms with Crippen molar-refractivity contribution in [2.45, 2.75) is 70.3 Å². The number of sulfone groups is 1. The minimum Gasteiger partial charge on any atom is -0.481 e. The molecule has 2 aliphatic heterocycles. The summed E-state index contributed by atoms with van der Waals surface area (Å²) < 4.78 is 60.1. The zero-order valence-corrected chi connectivity index (χ0v) is 25.0. The molecule has 1 fully saturated rings. The fraction of sp³-hybridized carbons (Fsp3) is 0.500. The summed E-state index contributed by atoms with van der Waals surface area (Å²) in [5.74, 6) is -0.660. The Morgan fingerprint density at radius 2 is 1.83 bits per heavy atom. The third kappa shape index (κ3) is 6.29. The van der Waals surface area contributed by atoms with E-state index >= 15 is 8.78 Å². The quantitative estimate of drug-likeness (QED) is 0.374. The number of halogens is 2. The van der Waals surface area contributed by atoms with Gasteiger partial charge in [-0.25, -0.2) is 27.2 Å². The molecule has 1 saturated heterocycles. The largest absolute Gasteiger partial charge is 0.481 e. The molecule has 220 valence electrons. The van der Waals surface area contributed by atoms with Crippen LogP contribution in [0.4, 0.5) is 20.2 Å². The van der Waals surface area contributed by atoms with E-state index in [1.807, 2.05) is 26.0 Å². The van der Waals surface area contributed by atoms with Crippen molar-refractivity contribution >= 4 is 21.2 Å². The lowest BCUT2D eigenvalue weighted by molar-refractivity contribution is 0.0960. The molecule has 0 amide bonds. The van der Waals surface area contributed by atoms with Crippen molar-refractivity contribution in [3.63, 3.8) is 0 Å². The first-order valence-electron chi connectivity index (χ1n) is 14.0. The fourth-order valence-electron chi connectivity index (χ4n) is 5.55. The van der Waals surface area contributed by atoms with E-state index in [1.54, 1.807) is 12.3 Å². The SMILES string of the molecule is CCC(C)N1CC(C)(C)Oc2c(F)cc(-c3nc(Cc4ccc(N5CCC(S(C)(=O)=O)CC5)cn4)ncc3F)cc21. The van der Waals surface area contributed by atoms with E-state index in [-0.39, 0.29) is 29.2 Å². The molecular weight excluding hydrogens is 548 g/mol. The second-order valence-electron chi connectivity index (χ2n) is 11.7. The van der Waals surface area contributed by atoms with Crippen molar-refractivity contribution < 1.29 is 21.9 Å². The molecule has 5 rings (SSSR count). The summed E-state index contributed by atoms with van der Waals surface area (Å²) in [6.45, 7) is 9.88. The molecule has 0 N–H and O–H groups in total. The lowest BCUT2D eigenvalue weighted by Crippen LogP contribution is -2.50. The smallest absolute Gasteiger partial charge is 0.179 e. The Balaban J connectivity index is 1.37. The van der Waals surface area contributed by atoms with Gasteiger partial charge in [0.2, 0.25) is 0 Å². The maximum Gasteiger partial charge on any atom is 0.179 e. The van der Waals surface area contributed by atoms with Crippen LogP contribution >= 0.6 is 0 Å². The Morgan fingerprint density at radius 3 is 2.46 bits per heavy atom. The standard InChI is InChI=1S/C30H37F2N5O3S/c1-6-19(2)37-18-30(3,4)40-29-24(31)13-20(14-26(29)37)28-25(32)17-34-27(35-28)15-21-7-8-22(16-33-21)36-11-9-23(10-12-36)41(5,38)39/h7-8,13-14,16-17,19,23H,6,9-12,15,18H2,1-5H3. The van der Waals surface area contributed by atoms with Gasteiger partial charge in [-0.3, -0.25) is 4.98 Å². The van der Waals surface area contributed by atoms with E-state index in [0.717, 1.165) is 18.3 Å².